The van der Waals surface area contributed by atoms with Gasteiger partial charge in [-0.25, -0.2) is 4.79 Å². The Balaban J connectivity index is 2.25. The number of aromatic nitrogens is 1. The minimum Gasteiger partial charge on any atom is -0.465 e. The Labute approximate surface area is 125 Å². The molecule has 1 aliphatic carbocycles. The van der Waals surface area contributed by atoms with E-state index in [-0.39, 0.29) is 5.91 Å². The zero-order chi connectivity index (χ0) is 15.6. The van der Waals surface area contributed by atoms with Crippen LogP contribution in [0.2, 0.25) is 0 Å². The van der Waals surface area contributed by atoms with Crippen molar-refractivity contribution in [1.29, 1.82) is 0 Å². The number of carbonyl (C=O) groups excluding carboxylic acids is 2. The average Bonchev–Trinajstić information content (AvgIpc) is 2.80. The predicted molar refractivity (Wildman–Crippen MR) is 80.6 cm³/mol. The van der Waals surface area contributed by atoms with Gasteiger partial charge in [-0.1, -0.05) is 19.3 Å². The molecule has 0 unspecified atom stereocenters. The molecule has 1 N–H and O–H groups in total. The molecule has 2 rings (SSSR count). The number of ether oxygens (including phenoxy) is 1. The summed E-state index contributed by atoms with van der Waals surface area (Å²) >= 11 is 0. The lowest BCUT2D eigenvalue weighted by atomic mass is 9.94. The number of aryl methyl sites for hydroxylation is 1. The van der Waals surface area contributed by atoms with Crippen molar-refractivity contribution < 1.29 is 14.3 Å². The van der Waals surface area contributed by atoms with Gasteiger partial charge in [-0.05, 0) is 32.3 Å². The molecular weight excluding hydrogens is 268 g/mol. The maximum absolute atomic E-state index is 12.7. The number of hydrogen-bond acceptors (Lipinski definition) is 3. The third-order valence-electron chi connectivity index (χ3n) is 4.48. The van der Waals surface area contributed by atoms with Crippen molar-refractivity contribution in [1.82, 2.24) is 9.88 Å². The van der Waals surface area contributed by atoms with Gasteiger partial charge >= 0.3 is 5.97 Å². The molecule has 1 fully saturated rings. The largest absolute Gasteiger partial charge is 0.465 e. The molecule has 5 nitrogen and oxygen atoms in total. The van der Waals surface area contributed by atoms with Crippen LogP contribution in [0.3, 0.4) is 0 Å². The molecule has 21 heavy (non-hydrogen) atoms. The summed E-state index contributed by atoms with van der Waals surface area (Å²) in [7, 11) is 3.20. The molecule has 0 saturated heterocycles. The molecule has 1 aromatic rings. The second-order valence-corrected chi connectivity index (χ2v) is 5.82. The van der Waals surface area contributed by atoms with Crippen molar-refractivity contribution in [2.45, 2.75) is 52.0 Å². The molecule has 1 amide bonds. The van der Waals surface area contributed by atoms with Gasteiger partial charge in [-0.2, -0.15) is 0 Å². The number of methoxy groups -OCH3 is 1. The Morgan fingerprint density at radius 3 is 2.38 bits per heavy atom. The Morgan fingerprint density at radius 1 is 1.19 bits per heavy atom. The van der Waals surface area contributed by atoms with Crippen LogP contribution < -0.4 is 0 Å². The molecule has 0 radical (unpaired) electrons. The minimum atomic E-state index is -0.402. The summed E-state index contributed by atoms with van der Waals surface area (Å²) in [4.78, 5) is 29.4. The van der Waals surface area contributed by atoms with Crippen LogP contribution >= 0.6 is 0 Å². The zero-order valence-electron chi connectivity index (χ0n) is 13.3. The van der Waals surface area contributed by atoms with E-state index in [1.54, 1.807) is 13.8 Å². The monoisotopic (exact) mass is 292 g/mol. The molecule has 0 aromatic carbocycles. The normalized spacial score (nSPS) is 15.8. The number of amides is 1. The molecule has 1 saturated carbocycles. The maximum atomic E-state index is 12.7. The van der Waals surface area contributed by atoms with Crippen molar-refractivity contribution in [2.75, 3.05) is 14.2 Å². The van der Waals surface area contributed by atoms with Gasteiger partial charge in [0.1, 0.15) is 5.69 Å². The van der Waals surface area contributed by atoms with E-state index in [0.29, 0.717) is 28.6 Å². The number of nitrogens with zero attached hydrogens (tertiary/aromatic N) is 1. The Morgan fingerprint density at radius 2 is 1.81 bits per heavy atom. The molecule has 1 aliphatic rings. The van der Waals surface area contributed by atoms with Crippen LogP contribution in [0.5, 0.6) is 0 Å². The fourth-order valence-corrected chi connectivity index (χ4v) is 3.18. The summed E-state index contributed by atoms with van der Waals surface area (Å²) in [6, 6.07) is 0.302. The standard InChI is InChI=1S/C16H24N2O3/c1-10-13(16(20)21-4)11(2)17-14(10)15(19)18(3)12-8-6-5-7-9-12/h12,17H,5-9H2,1-4H3. The number of H-pyrrole nitrogens is 1. The highest BCUT2D eigenvalue weighted by Gasteiger charge is 2.28. The van der Waals surface area contributed by atoms with Gasteiger partial charge in [0.2, 0.25) is 0 Å². The molecule has 116 valence electrons. The van der Waals surface area contributed by atoms with Crippen molar-refractivity contribution in [3.05, 3.63) is 22.5 Å². The third kappa shape index (κ3) is 2.96. The Bertz CT molecular complexity index is 542. The van der Waals surface area contributed by atoms with Gasteiger partial charge in [0, 0.05) is 18.8 Å². The van der Waals surface area contributed by atoms with Crippen LogP contribution in [0.15, 0.2) is 0 Å². The van der Waals surface area contributed by atoms with Gasteiger partial charge in [0.15, 0.2) is 0 Å². The van der Waals surface area contributed by atoms with E-state index in [1.807, 2.05) is 11.9 Å². The highest BCUT2D eigenvalue weighted by molar-refractivity contribution is 6.00. The molecule has 0 spiro atoms. The van der Waals surface area contributed by atoms with Crippen molar-refractivity contribution >= 4 is 11.9 Å². The zero-order valence-corrected chi connectivity index (χ0v) is 13.3. The van der Waals surface area contributed by atoms with E-state index in [0.717, 1.165) is 12.8 Å². The van der Waals surface area contributed by atoms with E-state index >= 15 is 0 Å². The van der Waals surface area contributed by atoms with E-state index < -0.39 is 5.97 Å². The first kappa shape index (κ1) is 15.6. The van der Waals surface area contributed by atoms with Gasteiger partial charge in [-0.15, -0.1) is 0 Å². The highest BCUT2D eigenvalue weighted by Crippen LogP contribution is 2.25. The van der Waals surface area contributed by atoms with Gasteiger partial charge < -0.3 is 14.6 Å². The molecular formula is C16H24N2O3. The minimum absolute atomic E-state index is 0.0438. The second-order valence-electron chi connectivity index (χ2n) is 5.82. The Hall–Kier alpha value is -1.78. The summed E-state index contributed by atoms with van der Waals surface area (Å²) in [5.41, 5.74) is 2.32. The first-order valence-corrected chi connectivity index (χ1v) is 7.52. The Kier molecular flexibility index (Phi) is 4.70. The topological polar surface area (TPSA) is 62.4 Å². The van der Waals surface area contributed by atoms with Crippen LogP contribution in [0.25, 0.3) is 0 Å². The molecule has 1 heterocycles. The summed E-state index contributed by atoms with van der Waals surface area (Å²) in [5, 5.41) is 0. The smallest absolute Gasteiger partial charge is 0.339 e. The van der Waals surface area contributed by atoms with Gasteiger partial charge in [0.25, 0.3) is 5.91 Å². The quantitative estimate of drug-likeness (QED) is 0.871. The van der Waals surface area contributed by atoms with Crippen LogP contribution in [-0.2, 0) is 4.74 Å². The SMILES string of the molecule is COC(=O)c1c(C)[nH]c(C(=O)N(C)C2CCCCC2)c1C. The molecule has 0 bridgehead atoms. The second kappa shape index (κ2) is 6.33. The number of aromatic amines is 1. The van der Waals surface area contributed by atoms with E-state index in [2.05, 4.69) is 4.98 Å². The van der Waals surface area contributed by atoms with Crippen molar-refractivity contribution in [2.24, 2.45) is 0 Å². The van der Waals surface area contributed by atoms with E-state index in [4.69, 9.17) is 4.74 Å². The molecule has 0 aliphatic heterocycles. The van der Waals surface area contributed by atoms with E-state index in [1.165, 1.54) is 26.4 Å². The summed E-state index contributed by atoms with van der Waals surface area (Å²) in [6.07, 6.45) is 5.73. The summed E-state index contributed by atoms with van der Waals surface area (Å²) in [6.45, 7) is 3.58. The third-order valence-corrected chi connectivity index (χ3v) is 4.48. The lowest BCUT2D eigenvalue weighted by Gasteiger charge is -2.31. The van der Waals surface area contributed by atoms with Crippen LogP contribution in [0.1, 0.15) is 64.2 Å². The fourth-order valence-electron chi connectivity index (χ4n) is 3.18. The average molecular weight is 292 g/mol. The maximum Gasteiger partial charge on any atom is 0.339 e. The lowest BCUT2D eigenvalue weighted by Crippen LogP contribution is -2.38. The van der Waals surface area contributed by atoms with Crippen LogP contribution in [0.4, 0.5) is 0 Å². The van der Waals surface area contributed by atoms with E-state index in [9.17, 15) is 9.59 Å². The van der Waals surface area contributed by atoms with Crippen LogP contribution in [-0.4, -0.2) is 42.0 Å². The number of hydrogen-bond donors (Lipinski definition) is 1. The summed E-state index contributed by atoms with van der Waals surface area (Å²) < 4.78 is 4.78. The van der Waals surface area contributed by atoms with Gasteiger partial charge in [-0.3, -0.25) is 4.79 Å². The number of carbonyl (C=O) groups is 2. The number of esters is 1. The first-order chi connectivity index (χ1) is 9.97. The number of rotatable bonds is 3. The van der Waals surface area contributed by atoms with Crippen molar-refractivity contribution in [3.63, 3.8) is 0 Å². The lowest BCUT2D eigenvalue weighted by molar-refractivity contribution is 0.0599. The van der Waals surface area contributed by atoms with Crippen molar-refractivity contribution in [3.8, 4) is 0 Å². The highest BCUT2D eigenvalue weighted by atomic mass is 16.5. The number of nitrogens with one attached hydrogen (secondary N) is 1. The fraction of sp³-hybridized carbons (Fsp3) is 0.625. The molecule has 0 atom stereocenters. The summed E-state index contributed by atoms with van der Waals surface area (Å²) in [5.74, 6) is -0.446. The van der Waals surface area contributed by atoms with Crippen LogP contribution in [0, 0.1) is 13.8 Å². The molecule has 1 aromatic heterocycles. The first-order valence-electron chi connectivity index (χ1n) is 7.52. The predicted octanol–water partition coefficient (Wildman–Crippen LogP) is 2.82. The molecule has 5 heteroatoms. The van der Waals surface area contributed by atoms with Gasteiger partial charge in [0.05, 0.1) is 12.7 Å².